The summed E-state index contributed by atoms with van der Waals surface area (Å²) in [5.74, 6) is 0. The summed E-state index contributed by atoms with van der Waals surface area (Å²) in [7, 11) is 0. The molecule has 26 heavy (non-hydrogen) atoms. The third kappa shape index (κ3) is 4.22. The fourth-order valence-electron chi connectivity index (χ4n) is 3.77. The number of halogens is 4. The first-order valence-electron chi connectivity index (χ1n) is 8.31. The van der Waals surface area contributed by atoms with Crippen LogP contribution in [0.25, 0.3) is 0 Å². The Balaban J connectivity index is 0.00000196. The van der Waals surface area contributed by atoms with Crippen LogP contribution in [0.5, 0.6) is 0 Å². The summed E-state index contributed by atoms with van der Waals surface area (Å²) >= 11 is 2.34. The molecule has 144 valence electrons. The number of rotatable bonds is 5. The van der Waals surface area contributed by atoms with Gasteiger partial charge in [-0.05, 0) is 37.8 Å². The molecule has 10 heteroatoms. The number of alkyl halides is 3. The second-order valence-corrected chi connectivity index (χ2v) is 8.87. The van der Waals surface area contributed by atoms with Crippen LogP contribution >= 0.6 is 35.1 Å². The first-order chi connectivity index (χ1) is 12.0. The summed E-state index contributed by atoms with van der Waals surface area (Å²) in [6.45, 7) is 3.19. The molecule has 2 fully saturated rings. The van der Waals surface area contributed by atoms with E-state index in [9.17, 15) is 13.2 Å². The van der Waals surface area contributed by atoms with Crippen molar-refractivity contribution in [1.29, 1.82) is 0 Å². The highest BCUT2D eigenvalue weighted by atomic mass is 35.5. The van der Waals surface area contributed by atoms with Crippen molar-refractivity contribution in [3.63, 3.8) is 0 Å². The number of nitrogens with one attached hydrogen (secondary N) is 1. The van der Waals surface area contributed by atoms with E-state index in [-0.39, 0.29) is 12.4 Å². The van der Waals surface area contributed by atoms with Gasteiger partial charge in [0.2, 0.25) is 0 Å². The van der Waals surface area contributed by atoms with Crippen molar-refractivity contribution >= 4 is 35.1 Å². The SMILES string of the molecule is Cl.FC(F)(F)c1cnc(CN(Cc2nccs2)C2CC23CCNCC3)s1. The summed E-state index contributed by atoms with van der Waals surface area (Å²) < 4.78 is 38.5. The Morgan fingerprint density at radius 2 is 1.92 bits per heavy atom. The van der Waals surface area contributed by atoms with E-state index in [1.807, 2.05) is 5.38 Å². The highest BCUT2D eigenvalue weighted by molar-refractivity contribution is 7.11. The van der Waals surface area contributed by atoms with E-state index in [2.05, 4.69) is 20.2 Å². The molecule has 1 saturated heterocycles. The van der Waals surface area contributed by atoms with Gasteiger partial charge in [-0.15, -0.1) is 35.1 Å². The second kappa shape index (κ2) is 7.71. The van der Waals surface area contributed by atoms with Gasteiger partial charge < -0.3 is 5.32 Å². The van der Waals surface area contributed by atoms with Gasteiger partial charge in [0, 0.05) is 17.6 Å². The lowest BCUT2D eigenvalue weighted by molar-refractivity contribution is -0.134. The third-order valence-corrected chi connectivity index (χ3v) is 6.97. The fraction of sp³-hybridized carbons (Fsp3) is 0.625. The zero-order valence-corrected chi connectivity index (χ0v) is 16.4. The summed E-state index contributed by atoms with van der Waals surface area (Å²) in [6.07, 6.45) is 1.81. The highest BCUT2D eigenvalue weighted by Crippen LogP contribution is 2.56. The van der Waals surface area contributed by atoms with Crippen LogP contribution in [0.3, 0.4) is 0 Å². The predicted molar refractivity (Wildman–Crippen MR) is 98.7 cm³/mol. The summed E-state index contributed by atoms with van der Waals surface area (Å²) in [6, 6.07) is 0.414. The lowest BCUT2D eigenvalue weighted by Gasteiger charge is -2.28. The lowest BCUT2D eigenvalue weighted by Crippen LogP contribution is -2.35. The van der Waals surface area contributed by atoms with E-state index in [4.69, 9.17) is 0 Å². The molecule has 4 rings (SSSR count). The molecular formula is C16H20ClF3N4S2. The molecule has 1 N–H and O–H groups in total. The minimum atomic E-state index is -4.31. The largest absolute Gasteiger partial charge is 0.427 e. The van der Waals surface area contributed by atoms with Crippen LogP contribution in [-0.2, 0) is 19.3 Å². The van der Waals surface area contributed by atoms with Gasteiger partial charge in [0.05, 0.1) is 19.3 Å². The molecule has 2 aromatic heterocycles. The molecule has 0 amide bonds. The smallest absolute Gasteiger partial charge is 0.317 e. The first kappa shape index (κ1) is 20.0. The Morgan fingerprint density at radius 1 is 1.19 bits per heavy atom. The molecule has 1 aliphatic heterocycles. The molecule has 3 heterocycles. The molecule has 1 aliphatic carbocycles. The average molecular weight is 425 g/mol. The third-order valence-electron chi connectivity index (χ3n) is 5.18. The molecule has 0 radical (unpaired) electrons. The van der Waals surface area contributed by atoms with Crippen molar-refractivity contribution in [2.75, 3.05) is 13.1 Å². The molecule has 2 aliphatic rings. The van der Waals surface area contributed by atoms with Crippen molar-refractivity contribution in [1.82, 2.24) is 20.2 Å². The van der Waals surface area contributed by atoms with Crippen molar-refractivity contribution in [2.45, 2.75) is 44.6 Å². The van der Waals surface area contributed by atoms with Gasteiger partial charge >= 0.3 is 6.18 Å². The molecule has 0 bridgehead atoms. The Hall–Kier alpha value is -0.740. The maximum absolute atomic E-state index is 12.8. The van der Waals surface area contributed by atoms with Crippen LogP contribution in [0.1, 0.15) is 34.2 Å². The van der Waals surface area contributed by atoms with Crippen LogP contribution in [-0.4, -0.2) is 34.0 Å². The topological polar surface area (TPSA) is 41.1 Å². The first-order valence-corrected chi connectivity index (χ1v) is 10.0. The molecule has 1 unspecified atom stereocenters. The van der Waals surface area contributed by atoms with E-state index >= 15 is 0 Å². The maximum atomic E-state index is 12.8. The van der Waals surface area contributed by atoms with E-state index in [1.54, 1.807) is 17.5 Å². The van der Waals surface area contributed by atoms with Crippen molar-refractivity contribution < 1.29 is 13.2 Å². The molecule has 4 nitrogen and oxygen atoms in total. The highest BCUT2D eigenvalue weighted by Gasteiger charge is 2.56. The number of hydrogen-bond acceptors (Lipinski definition) is 6. The minimum Gasteiger partial charge on any atom is -0.317 e. The van der Waals surface area contributed by atoms with E-state index in [1.165, 1.54) is 0 Å². The van der Waals surface area contributed by atoms with Gasteiger partial charge in [-0.25, -0.2) is 9.97 Å². The van der Waals surface area contributed by atoms with Gasteiger partial charge in [-0.1, -0.05) is 0 Å². The summed E-state index contributed by atoms with van der Waals surface area (Å²) in [4.78, 5) is 10.0. The lowest BCUT2D eigenvalue weighted by atomic mass is 9.93. The van der Waals surface area contributed by atoms with E-state index < -0.39 is 11.1 Å². The van der Waals surface area contributed by atoms with Crippen molar-refractivity contribution in [3.8, 4) is 0 Å². The van der Waals surface area contributed by atoms with Gasteiger partial charge in [0.1, 0.15) is 14.9 Å². The van der Waals surface area contributed by atoms with Crippen molar-refractivity contribution in [2.24, 2.45) is 5.41 Å². The van der Waals surface area contributed by atoms with E-state index in [0.29, 0.717) is 29.6 Å². The van der Waals surface area contributed by atoms with Crippen LogP contribution in [0, 0.1) is 5.41 Å². The van der Waals surface area contributed by atoms with E-state index in [0.717, 1.165) is 54.9 Å². The van der Waals surface area contributed by atoms with Gasteiger partial charge in [-0.2, -0.15) is 13.2 Å². The zero-order chi connectivity index (χ0) is 17.5. The van der Waals surface area contributed by atoms with Crippen LogP contribution < -0.4 is 5.32 Å². The maximum Gasteiger partial charge on any atom is 0.427 e. The monoisotopic (exact) mass is 424 g/mol. The second-order valence-electron chi connectivity index (χ2n) is 6.78. The molecular weight excluding hydrogens is 405 g/mol. The number of thiazole rings is 2. The zero-order valence-electron chi connectivity index (χ0n) is 14.0. The summed E-state index contributed by atoms with van der Waals surface area (Å²) in [5.41, 5.74) is 0.326. The standard InChI is InChI=1S/C16H19F3N4S2.ClH/c17-16(18,19)12-8-22-14(25-12)10-23(9-13-21-5-6-24-13)11-7-15(11)1-3-20-4-2-15;/h5-6,8,11,20H,1-4,7,9-10H2;1H. The number of piperidine rings is 1. The Labute approximate surface area is 164 Å². The molecule has 0 aromatic carbocycles. The Kier molecular flexibility index (Phi) is 5.93. The normalized spacial score (nSPS) is 21.8. The molecule has 1 saturated carbocycles. The minimum absolute atomic E-state index is 0. The molecule has 2 aromatic rings. The van der Waals surface area contributed by atoms with Crippen LogP contribution in [0.4, 0.5) is 13.2 Å². The fourth-order valence-corrected chi connectivity index (χ4v) is 5.23. The van der Waals surface area contributed by atoms with Gasteiger partial charge in [0.15, 0.2) is 0 Å². The van der Waals surface area contributed by atoms with Crippen LogP contribution in [0.2, 0.25) is 0 Å². The Bertz CT molecular complexity index is 713. The van der Waals surface area contributed by atoms with Crippen molar-refractivity contribution in [3.05, 3.63) is 32.7 Å². The molecule has 1 atom stereocenters. The number of hydrogen-bond donors (Lipinski definition) is 1. The predicted octanol–water partition coefficient (Wildman–Crippen LogP) is 4.18. The number of aromatic nitrogens is 2. The molecule has 1 spiro atoms. The van der Waals surface area contributed by atoms with Gasteiger partial charge in [0.25, 0.3) is 0 Å². The number of nitrogens with zero attached hydrogens (tertiary/aromatic N) is 3. The average Bonchev–Trinajstić information content (AvgIpc) is 3.00. The van der Waals surface area contributed by atoms with Gasteiger partial charge in [-0.3, -0.25) is 4.90 Å². The quantitative estimate of drug-likeness (QED) is 0.781. The Morgan fingerprint density at radius 3 is 2.54 bits per heavy atom. The summed E-state index contributed by atoms with van der Waals surface area (Å²) in [5, 5.41) is 6.86. The van der Waals surface area contributed by atoms with Crippen LogP contribution in [0.15, 0.2) is 17.8 Å².